The minimum atomic E-state index is -0.625. The SMILES string of the molecule is CCOC(=O)c1noc(COc2cccc(Cl)c2)n1. The van der Waals surface area contributed by atoms with Gasteiger partial charge in [-0.05, 0) is 30.3 Å². The van der Waals surface area contributed by atoms with Gasteiger partial charge in [0.2, 0.25) is 0 Å². The highest BCUT2D eigenvalue weighted by Gasteiger charge is 2.15. The summed E-state index contributed by atoms with van der Waals surface area (Å²) < 4.78 is 15.0. The van der Waals surface area contributed by atoms with Crippen LogP contribution in [0.5, 0.6) is 5.75 Å². The van der Waals surface area contributed by atoms with E-state index in [0.29, 0.717) is 10.8 Å². The molecule has 0 bridgehead atoms. The van der Waals surface area contributed by atoms with E-state index in [1.165, 1.54) is 0 Å². The summed E-state index contributed by atoms with van der Waals surface area (Å²) in [5, 5.41) is 4.06. The number of esters is 1. The topological polar surface area (TPSA) is 74.5 Å². The summed E-state index contributed by atoms with van der Waals surface area (Å²) in [7, 11) is 0. The maximum Gasteiger partial charge on any atom is 0.379 e. The van der Waals surface area contributed by atoms with E-state index < -0.39 is 5.97 Å². The van der Waals surface area contributed by atoms with Crippen molar-refractivity contribution in [1.82, 2.24) is 10.1 Å². The van der Waals surface area contributed by atoms with Gasteiger partial charge in [-0.1, -0.05) is 17.7 Å². The molecule has 0 atom stereocenters. The Morgan fingerprint density at radius 3 is 3.05 bits per heavy atom. The number of nitrogens with zero attached hydrogens (tertiary/aromatic N) is 2. The number of ether oxygens (including phenoxy) is 2. The first-order valence-electron chi connectivity index (χ1n) is 5.57. The standard InChI is InChI=1S/C12H11ClN2O4/c1-2-17-12(16)11-14-10(19-15-11)7-18-9-5-3-4-8(13)6-9/h3-6H,2,7H2,1H3. The average molecular weight is 283 g/mol. The summed E-state index contributed by atoms with van der Waals surface area (Å²) in [5.41, 5.74) is 0. The summed E-state index contributed by atoms with van der Waals surface area (Å²) in [6, 6.07) is 6.90. The predicted molar refractivity (Wildman–Crippen MR) is 66.0 cm³/mol. The van der Waals surface area contributed by atoms with E-state index in [2.05, 4.69) is 10.1 Å². The third-order valence-corrected chi connectivity index (χ3v) is 2.32. The van der Waals surface area contributed by atoms with Crippen molar-refractivity contribution >= 4 is 17.6 Å². The van der Waals surface area contributed by atoms with E-state index in [4.69, 9.17) is 25.6 Å². The van der Waals surface area contributed by atoms with Crippen molar-refractivity contribution in [2.24, 2.45) is 0 Å². The fraction of sp³-hybridized carbons (Fsp3) is 0.250. The van der Waals surface area contributed by atoms with Crippen LogP contribution in [0.15, 0.2) is 28.8 Å². The molecule has 0 amide bonds. The largest absolute Gasteiger partial charge is 0.484 e. The van der Waals surface area contributed by atoms with Crippen LogP contribution in [0.2, 0.25) is 5.02 Å². The molecule has 0 radical (unpaired) electrons. The Labute approximate surface area is 114 Å². The van der Waals surface area contributed by atoms with Gasteiger partial charge in [-0.2, -0.15) is 4.98 Å². The molecule has 0 saturated heterocycles. The molecule has 0 aliphatic carbocycles. The Balaban J connectivity index is 1.95. The third kappa shape index (κ3) is 3.69. The molecule has 0 aliphatic heterocycles. The van der Waals surface area contributed by atoms with Crippen LogP contribution in [-0.2, 0) is 11.3 Å². The average Bonchev–Trinajstić information content (AvgIpc) is 2.86. The monoisotopic (exact) mass is 282 g/mol. The molecule has 0 spiro atoms. The normalized spacial score (nSPS) is 10.2. The smallest absolute Gasteiger partial charge is 0.379 e. The number of hydrogen-bond donors (Lipinski definition) is 0. The number of benzene rings is 1. The van der Waals surface area contributed by atoms with E-state index >= 15 is 0 Å². The second kappa shape index (κ2) is 6.19. The Bertz CT molecular complexity index is 570. The van der Waals surface area contributed by atoms with Crippen LogP contribution in [0.25, 0.3) is 0 Å². The van der Waals surface area contributed by atoms with Crippen molar-refractivity contribution in [3.05, 3.63) is 41.0 Å². The molecule has 1 heterocycles. The number of hydrogen-bond acceptors (Lipinski definition) is 6. The fourth-order valence-electron chi connectivity index (χ4n) is 1.29. The Hall–Kier alpha value is -2.08. The Morgan fingerprint density at radius 2 is 2.32 bits per heavy atom. The van der Waals surface area contributed by atoms with Crippen LogP contribution in [0.1, 0.15) is 23.4 Å². The minimum absolute atomic E-state index is 0.0484. The first kappa shape index (κ1) is 13.4. The maximum atomic E-state index is 11.3. The molecular formula is C12H11ClN2O4. The van der Waals surface area contributed by atoms with Gasteiger partial charge < -0.3 is 14.0 Å². The lowest BCUT2D eigenvalue weighted by molar-refractivity contribution is 0.0508. The lowest BCUT2D eigenvalue weighted by atomic mass is 10.3. The van der Waals surface area contributed by atoms with Gasteiger partial charge >= 0.3 is 5.97 Å². The molecule has 0 N–H and O–H groups in total. The summed E-state index contributed by atoms with van der Waals surface area (Å²) in [4.78, 5) is 15.2. The summed E-state index contributed by atoms with van der Waals surface area (Å²) in [6.45, 7) is 2.00. The van der Waals surface area contributed by atoms with Crippen LogP contribution in [0.3, 0.4) is 0 Å². The summed E-state index contributed by atoms with van der Waals surface area (Å²) in [5.74, 6) is 0.0122. The van der Waals surface area contributed by atoms with Gasteiger partial charge in [0, 0.05) is 5.02 Å². The molecule has 2 rings (SSSR count). The molecule has 2 aromatic rings. The Kier molecular flexibility index (Phi) is 4.35. The van der Waals surface area contributed by atoms with Gasteiger partial charge in [0.1, 0.15) is 5.75 Å². The number of aromatic nitrogens is 2. The lowest BCUT2D eigenvalue weighted by Crippen LogP contribution is -2.07. The molecule has 19 heavy (non-hydrogen) atoms. The van der Waals surface area contributed by atoms with Gasteiger partial charge in [-0.3, -0.25) is 0 Å². The van der Waals surface area contributed by atoms with Crippen molar-refractivity contribution in [2.75, 3.05) is 6.61 Å². The van der Waals surface area contributed by atoms with Crippen LogP contribution in [0, 0.1) is 0 Å². The van der Waals surface area contributed by atoms with Gasteiger partial charge in [0.05, 0.1) is 6.61 Å². The molecule has 100 valence electrons. The van der Waals surface area contributed by atoms with E-state index in [-0.39, 0.29) is 24.9 Å². The summed E-state index contributed by atoms with van der Waals surface area (Å²) in [6.07, 6.45) is 0. The third-order valence-electron chi connectivity index (χ3n) is 2.08. The van der Waals surface area contributed by atoms with Crippen molar-refractivity contribution in [3.8, 4) is 5.75 Å². The zero-order valence-corrected chi connectivity index (χ0v) is 10.9. The van der Waals surface area contributed by atoms with E-state index in [1.54, 1.807) is 31.2 Å². The fourth-order valence-corrected chi connectivity index (χ4v) is 1.47. The molecule has 1 aromatic heterocycles. The van der Waals surface area contributed by atoms with Crippen LogP contribution in [-0.4, -0.2) is 22.7 Å². The minimum Gasteiger partial charge on any atom is -0.484 e. The van der Waals surface area contributed by atoms with Crippen LogP contribution >= 0.6 is 11.6 Å². The second-order valence-electron chi connectivity index (χ2n) is 3.48. The maximum absolute atomic E-state index is 11.3. The molecule has 6 nitrogen and oxygen atoms in total. The van der Waals surface area contributed by atoms with Crippen molar-refractivity contribution < 1.29 is 18.8 Å². The van der Waals surface area contributed by atoms with Crippen molar-refractivity contribution in [2.45, 2.75) is 13.5 Å². The molecule has 0 aliphatic rings. The van der Waals surface area contributed by atoms with Gasteiger partial charge in [-0.15, -0.1) is 0 Å². The molecule has 1 aromatic carbocycles. The second-order valence-corrected chi connectivity index (χ2v) is 3.91. The van der Waals surface area contributed by atoms with E-state index in [1.807, 2.05) is 0 Å². The number of carbonyl (C=O) groups excluding carboxylic acids is 1. The summed E-state index contributed by atoms with van der Waals surface area (Å²) >= 11 is 5.81. The lowest BCUT2D eigenvalue weighted by Gasteiger charge is -2.02. The highest BCUT2D eigenvalue weighted by Crippen LogP contribution is 2.18. The molecular weight excluding hydrogens is 272 g/mol. The zero-order chi connectivity index (χ0) is 13.7. The molecule has 0 unspecified atom stereocenters. The van der Waals surface area contributed by atoms with E-state index in [0.717, 1.165) is 0 Å². The van der Waals surface area contributed by atoms with Gasteiger partial charge in [-0.25, -0.2) is 4.79 Å². The molecule has 7 heteroatoms. The first-order valence-corrected chi connectivity index (χ1v) is 5.95. The Morgan fingerprint density at radius 1 is 1.47 bits per heavy atom. The van der Waals surface area contributed by atoms with Gasteiger partial charge in [0.25, 0.3) is 11.7 Å². The quantitative estimate of drug-likeness (QED) is 0.784. The number of carbonyl (C=O) groups is 1. The molecule has 0 fully saturated rings. The predicted octanol–water partition coefficient (Wildman–Crippen LogP) is 2.48. The van der Waals surface area contributed by atoms with Crippen LogP contribution in [0.4, 0.5) is 0 Å². The highest BCUT2D eigenvalue weighted by molar-refractivity contribution is 6.30. The van der Waals surface area contributed by atoms with Crippen molar-refractivity contribution in [1.29, 1.82) is 0 Å². The zero-order valence-electron chi connectivity index (χ0n) is 10.1. The highest BCUT2D eigenvalue weighted by atomic mass is 35.5. The number of rotatable bonds is 5. The van der Waals surface area contributed by atoms with Crippen LogP contribution < -0.4 is 4.74 Å². The van der Waals surface area contributed by atoms with E-state index in [9.17, 15) is 4.79 Å². The first-order chi connectivity index (χ1) is 9.19. The van der Waals surface area contributed by atoms with Gasteiger partial charge in [0.15, 0.2) is 6.61 Å². The van der Waals surface area contributed by atoms with Crippen molar-refractivity contribution in [3.63, 3.8) is 0 Å². The number of halogens is 1. The molecule has 0 saturated carbocycles.